The first-order valence-electron chi connectivity index (χ1n) is 11.9. The molecule has 0 saturated carbocycles. The van der Waals surface area contributed by atoms with Gasteiger partial charge in [0, 0.05) is 50.6 Å². The Bertz CT molecular complexity index is 933. The van der Waals surface area contributed by atoms with Gasteiger partial charge in [-0.2, -0.15) is 0 Å². The van der Waals surface area contributed by atoms with Crippen molar-refractivity contribution < 1.29 is 0 Å². The predicted molar refractivity (Wildman–Crippen MR) is 150 cm³/mol. The lowest BCUT2D eigenvalue weighted by Crippen LogP contribution is -2.51. The molecule has 0 amide bonds. The Morgan fingerprint density at radius 3 is 1.85 bits per heavy atom. The van der Waals surface area contributed by atoms with Crippen molar-refractivity contribution in [2.45, 2.75) is 39.5 Å². The fourth-order valence-electron chi connectivity index (χ4n) is 4.09. The summed E-state index contributed by atoms with van der Waals surface area (Å²) >= 11 is 11.2. The van der Waals surface area contributed by atoms with E-state index in [-0.39, 0.29) is 0 Å². The zero-order valence-corrected chi connectivity index (χ0v) is 21.9. The molecule has 5 nitrogen and oxygen atoms in total. The fraction of sp³-hybridized carbons (Fsp3) is 0.462. The van der Waals surface area contributed by atoms with Crippen molar-refractivity contribution in [1.82, 2.24) is 15.1 Å². The second-order valence-corrected chi connectivity index (χ2v) is 9.92. The summed E-state index contributed by atoms with van der Waals surface area (Å²) in [7, 11) is 0. The zero-order valence-electron chi connectivity index (χ0n) is 20.2. The van der Waals surface area contributed by atoms with Crippen LogP contribution >= 0.6 is 24.4 Å². The van der Waals surface area contributed by atoms with Gasteiger partial charge in [0.1, 0.15) is 0 Å². The molecular formula is C26H37N5S2. The van der Waals surface area contributed by atoms with E-state index in [2.05, 4.69) is 95.9 Å². The van der Waals surface area contributed by atoms with E-state index < -0.39 is 0 Å². The van der Waals surface area contributed by atoms with Crippen LogP contribution in [0.15, 0.2) is 48.5 Å². The monoisotopic (exact) mass is 483 g/mol. The number of hydrogen-bond donors (Lipinski definition) is 3. The average Bonchev–Trinajstić information content (AvgIpc) is 2.80. The van der Waals surface area contributed by atoms with Crippen LogP contribution in [0, 0.1) is 0 Å². The highest BCUT2D eigenvalue weighted by molar-refractivity contribution is 7.80. The maximum atomic E-state index is 5.71. The molecule has 3 rings (SSSR count). The summed E-state index contributed by atoms with van der Waals surface area (Å²) in [4.78, 5) is 4.73. The van der Waals surface area contributed by atoms with Crippen LogP contribution in [0.3, 0.4) is 0 Å². The van der Waals surface area contributed by atoms with Crippen molar-refractivity contribution in [1.29, 1.82) is 0 Å². The molecule has 0 unspecified atom stereocenters. The average molecular weight is 484 g/mol. The lowest BCUT2D eigenvalue weighted by atomic mass is 10.0. The van der Waals surface area contributed by atoms with E-state index >= 15 is 0 Å². The zero-order chi connectivity index (χ0) is 23.8. The Labute approximate surface area is 209 Å². The van der Waals surface area contributed by atoms with Gasteiger partial charge in [-0.3, -0.25) is 4.90 Å². The Balaban J connectivity index is 1.39. The smallest absolute Gasteiger partial charge is 0.173 e. The summed E-state index contributed by atoms with van der Waals surface area (Å²) in [6, 6.07) is 16.8. The standard InChI is InChI=1S/C26H37N5S2/c1-19(2)21-9-5-7-11-23(21)28-25(32)27-13-14-30-15-17-31(18-16-30)26(33)29-24-12-8-6-10-22(24)20(3)4/h5-12,19-20H,13-18H2,1-4H3,(H,29,33)(H2,27,28,32). The molecular weight excluding hydrogens is 446 g/mol. The van der Waals surface area contributed by atoms with Gasteiger partial charge in [0.25, 0.3) is 0 Å². The van der Waals surface area contributed by atoms with Gasteiger partial charge in [-0.25, -0.2) is 0 Å². The van der Waals surface area contributed by atoms with Gasteiger partial charge in [0.15, 0.2) is 10.2 Å². The summed E-state index contributed by atoms with van der Waals surface area (Å²) in [5, 5.41) is 11.7. The number of para-hydroxylation sites is 2. The summed E-state index contributed by atoms with van der Waals surface area (Å²) < 4.78 is 0. The minimum absolute atomic E-state index is 0.451. The van der Waals surface area contributed by atoms with Gasteiger partial charge in [-0.15, -0.1) is 0 Å². The van der Waals surface area contributed by atoms with Crippen molar-refractivity contribution in [2.75, 3.05) is 49.9 Å². The van der Waals surface area contributed by atoms with Crippen LogP contribution in [0.5, 0.6) is 0 Å². The van der Waals surface area contributed by atoms with Crippen LogP contribution < -0.4 is 16.0 Å². The number of nitrogens with zero attached hydrogens (tertiary/aromatic N) is 2. The molecule has 1 aliphatic rings. The maximum absolute atomic E-state index is 5.71. The number of nitrogens with one attached hydrogen (secondary N) is 3. The number of benzene rings is 2. The molecule has 2 aromatic carbocycles. The Morgan fingerprint density at radius 1 is 0.788 bits per heavy atom. The first kappa shape index (κ1) is 25.4. The van der Waals surface area contributed by atoms with Gasteiger partial charge in [0.2, 0.25) is 0 Å². The molecule has 7 heteroatoms. The van der Waals surface area contributed by atoms with Crippen molar-refractivity contribution >= 4 is 46.0 Å². The van der Waals surface area contributed by atoms with Gasteiger partial charge >= 0.3 is 0 Å². The molecule has 0 atom stereocenters. The lowest BCUT2D eigenvalue weighted by molar-refractivity contribution is 0.186. The SMILES string of the molecule is CC(C)c1ccccc1NC(=S)NCCN1CCN(C(=S)Nc2ccccc2C(C)C)CC1. The molecule has 1 aliphatic heterocycles. The van der Waals surface area contributed by atoms with Crippen LogP contribution in [0.2, 0.25) is 0 Å². The number of rotatable bonds is 7. The molecule has 0 aliphatic carbocycles. The highest BCUT2D eigenvalue weighted by Crippen LogP contribution is 2.24. The normalized spacial score (nSPS) is 14.4. The van der Waals surface area contributed by atoms with E-state index in [1.807, 2.05) is 6.07 Å². The highest BCUT2D eigenvalue weighted by Gasteiger charge is 2.19. The second-order valence-electron chi connectivity index (χ2n) is 9.12. The van der Waals surface area contributed by atoms with Crippen molar-refractivity contribution in [3.05, 3.63) is 59.7 Å². The van der Waals surface area contributed by atoms with Crippen molar-refractivity contribution in [3.63, 3.8) is 0 Å². The highest BCUT2D eigenvalue weighted by atomic mass is 32.1. The molecule has 3 N–H and O–H groups in total. The largest absolute Gasteiger partial charge is 0.361 e. The van der Waals surface area contributed by atoms with Crippen LogP contribution in [0.25, 0.3) is 0 Å². The quantitative estimate of drug-likeness (QED) is 0.466. The molecule has 178 valence electrons. The molecule has 0 spiro atoms. The van der Waals surface area contributed by atoms with Crippen LogP contribution in [-0.2, 0) is 0 Å². The topological polar surface area (TPSA) is 42.6 Å². The van der Waals surface area contributed by atoms with Crippen LogP contribution in [0.4, 0.5) is 11.4 Å². The Morgan fingerprint density at radius 2 is 1.30 bits per heavy atom. The molecule has 2 aromatic rings. The molecule has 0 aromatic heterocycles. The van der Waals surface area contributed by atoms with E-state index in [0.717, 1.165) is 55.8 Å². The van der Waals surface area contributed by atoms with E-state index in [1.54, 1.807) is 0 Å². The number of anilines is 2. The van der Waals surface area contributed by atoms with Gasteiger partial charge < -0.3 is 20.9 Å². The van der Waals surface area contributed by atoms with E-state index in [4.69, 9.17) is 24.4 Å². The first-order valence-corrected chi connectivity index (χ1v) is 12.7. The van der Waals surface area contributed by atoms with Crippen LogP contribution in [0.1, 0.15) is 50.7 Å². The summed E-state index contributed by atoms with van der Waals surface area (Å²) in [6.45, 7) is 14.4. The van der Waals surface area contributed by atoms with Crippen LogP contribution in [-0.4, -0.2) is 59.3 Å². The first-order chi connectivity index (χ1) is 15.8. The molecule has 0 bridgehead atoms. The fourth-order valence-corrected chi connectivity index (χ4v) is 4.60. The van der Waals surface area contributed by atoms with E-state index in [0.29, 0.717) is 16.9 Å². The minimum atomic E-state index is 0.451. The molecule has 1 heterocycles. The van der Waals surface area contributed by atoms with Crippen molar-refractivity contribution in [3.8, 4) is 0 Å². The van der Waals surface area contributed by atoms with Gasteiger partial charge in [-0.05, 0) is 59.5 Å². The number of thiocarbonyl (C=S) groups is 2. The predicted octanol–water partition coefficient (Wildman–Crippen LogP) is 5.23. The van der Waals surface area contributed by atoms with Gasteiger partial charge in [0.05, 0.1) is 0 Å². The minimum Gasteiger partial charge on any atom is -0.361 e. The molecule has 0 radical (unpaired) electrons. The van der Waals surface area contributed by atoms with E-state index in [1.165, 1.54) is 11.1 Å². The lowest BCUT2D eigenvalue weighted by Gasteiger charge is -2.36. The Kier molecular flexibility index (Phi) is 9.47. The molecule has 1 fully saturated rings. The van der Waals surface area contributed by atoms with Gasteiger partial charge in [-0.1, -0.05) is 64.1 Å². The Hall–Kier alpha value is -2.22. The maximum Gasteiger partial charge on any atom is 0.173 e. The third-order valence-electron chi connectivity index (χ3n) is 6.03. The summed E-state index contributed by atoms with van der Waals surface area (Å²) in [6.07, 6.45) is 0. The summed E-state index contributed by atoms with van der Waals surface area (Å²) in [5.74, 6) is 0.910. The molecule has 1 saturated heterocycles. The van der Waals surface area contributed by atoms with E-state index in [9.17, 15) is 0 Å². The number of hydrogen-bond acceptors (Lipinski definition) is 3. The summed E-state index contributed by atoms with van der Waals surface area (Å²) in [5.41, 5.74) is 4.77. The van der Waals surface area contributed by atoms with Crippen molar-refractivity contribution in [2.24, 2.45) is 0 Å². The third kappa shape index (κ3) is 7.39. The number of piperazine rings is 1. The molecule has 33 heavy (non-hydrogen) atoms. The second kappa shape index (κ2) is 12.3. The third-order valence-corrected chi connectivity index (χ3v) is 6.64.